The quantitative estimate of drug-likeness (QED) is 0.629. The average molecular weight is 344 g/mol. The van der Waals surface area contributed by atoms with Crippen molar-refractivity contribution in [2.75, 3.05) is 0 Å². The fourth-order valence-corrected chi connectivity index (χ4v) is 7.84. The fourth-order valence-electron chi connectivity index (χ4n) is 7.84. The Balaban J connectivity index is 1.78. The van der Waals surface area contributed by atoms with Crippen LogP contribution in [0.1, 0.15) is 39.0 Å². The van der Waals surface area contributed by atoms with E-state index in [4.69, 9.17) is 0 Å². The molecule has 0 aromatic carbocycles. The molecule has 25 heavy (non-hydrogen) atoms. The topological polar surface area (TPSA) is 94.8 Å². The number of hydrogen-bond donors (Lipinski definition) is 3. The SMILES string of the molecule is C=C1C[C@]23C[C@@]1(O)CC[C@H]2[C@@]12C=C[C@H](O)[C@](C)(C(=O)C1)[C@H]2[C@@H]3C(=O)O. The fraction of sp³-hybridized carbons (Fsp3) is 0.700. The summed E-state index contributed by atoms with van der Waals surface area (Å²) in [5.41, 5.74) is -2.34. The number of carboxylic acid groups (broad SMARTS) is 1. The maximum atomic E-state index is 12.9. The molecule has 0 saturated heterocycles. The summed E-state index contributed by atoms with van der Waals surface area (Å²) >= 11 is 0. The van der Waals surface area contributed by atoms with Crippen LogP contribution in [0.4, 0.5) is 0 Å². The largest absolute Gasteiger partial charge is 0.481 e. The van der Waals surface area contributed by atoms with Crippen LogP contribution in [0.25, 0.3) is 0 Å². The smallest absolute Gasteiger partial charge is 0.307 e. The van der Waals surface area contributed by atoms with Gasteiger partial charge in [0.05, 0.1) is 23.0 Å². The number of carbonyl (C=O) groups is 2. The second kappa shape index (κ2) is 4.09. The Bertz CT molecular complexity index is 770. The standard InChI is InChI=1S/C20H24O5/c1-10-7-19-9-20(10,25)6-3-11(19)18-5-4-12(21)17(2,13(22)8-18)15(18)14(19)16(23)24/h4-5,11-12,14-15,21,25H,1,3,6-9H2,2H3,(H,23,24)/t11-,12-,14+,15+,17+,18+,19-,20-/m0/s1. The molecule has 0 radical (unpaired) electrons. The molecule has 0 unspecified atom stereocenters. The van der Waals surface area contributed by atoms with Gasteiger partial charge in [0.25, 0.3) is 0 Å². The molecule has 0 aliphatic heterocycles. The first-order valence-electron chi connectivity index (χ1n) is 9.16. The van der Waals surface area contributed by atoms with E-state index in [0.717, 1.165) is 5.57 Å². The zero-order valence-electron chi connectivity index (χ0n) is 14.4. The predicted octanol–water partition coefficient (Wildman–Crippen LogP) is 1.69. The number of carboxylic acids is 1. The molecule has 4 fully saturated rings. The van der Waals surface area contributed by atoms with E-state index in [9.17, 15) is 24.9 Å². The lowest BCUT2D eigenvalue weighted by Crippen LogP contribution is -2.49. The second-order valence-corrected chi connectivity index (χ2v) is 9.41. The highest BCUT2D eigenvalue weighted by Crippen LogP contribution is 2.80. The Labute approximate surface area is 146 Å². The number of Topliss-reactive ketones (excluding diaryl/α,β-unsaturated/α-hetero) is 1. The number of fused-ring (bicyclic) bond motifs is 1. The molecule has 3 N–H and O–H groups in total. The lowest BCUT2D eigenvalue weighted by molar-refractivity contribution is -0.154. The number of aliphatic carboxylic acids is 1. The minimum Gasteiger partial charge on any atom is -0.481 e. The first-order chi connectivity index (χ1) is 11.6. The molecular formula is C20H24O5. The number of aliphatic hydroxyl groups excluding tert-OH is 1. The number of allylic oxidation sites excluding steroid dienone is 1. The maximum Gasteiger partial charge on any atom is 0.307 e. The summed E-state index contributed by atoms with van der Waals surface area (Å²) in [6.45, 7) is 5.81. The summed E-state index contributed by atoms with van der Waals surface area (Å²) in [7, 11) is 0. The molecule has 0 aromatic rings. The van der Waals surface area contributed by atoms with Crippen LogP contribution < -0.4 is 0 Å². The summed E-state index contributed by atoms with van der Waals surface area (Å²) in [5.74, 6) is -2.03. The summed E-state index contributed by atoms with van der Waals surface area (Å²) in [6.07, 6.45) is 5.26. The summed E-state index contributed by atoms with van der Waals surface area (Å²) in [5, 5.41) is 31.8. The molecule has 5 heteroatoms. The lowest BCUT2D eigenvalue weighted by atomic mass is 9.59. The van der Waals surface area contributed by atoms with Crippen LogP contribution in [-0.2, 0) is 9.59 Å². The van der Waals surface area contributed by atoms with E-state index < -0.39 is 45.8 Å². The van der Waals surface area contributed by atoms with E-state index in [1.807, 2.05) is 6.08 Å². The Hall–Kier alpha value is -1.46. The van der Waals surface area contributed by atoms with Crippen LogP contribution in [-0.4, -0.2) is 38.8 Å². The third-order valence-electron chi connectivity index (χ3n) is 8.73. The average Bonchev–Trinajstić information content (AvgIpc) is 2.95. The van der Waals surface area contributed by atoms with Crippen molar-refractivity contribution in [3.8, 4) is 0 Å². The van der Waals surface area contributed by atoms with E-state index in [-0.39, 0.29) is 11.7 Å². The summed E-state index contributed by atoms with van der Waals surface area (Å²) in [6, 6.07) is 0. The Morgan fingerprint density at radius 3 is 2.76 bits per heavy atom. The van der Waals surface area contributed by atoms with Crippen LogP contribution in [0.3, 0.4) is 0 Å². The molecule has 4 bridgehead atoms. The van der Waals surface area contributed by atoms with Gasteiger partial charge in [0, 0.05) is 11.8 Å². The maximum absolute atomic E-state index is 12.9. The van der Waals surface area contributed by atoms with E-state index in [1.165, 1.54) is 0 Å². The van der Waals surface area contributed by atoms with Gasteiger partial charge in [-0.3, -0.25) is 9.59 Å². The van der Waals surface area contributed by atoms with Gasteiger partial charge in [0.15, 0.2) is 0 Å². The third kappa shape index (κ3) is 1.40. The number of ketones is 1. The normalized spacial score (nSPS) is 58.4. The summed E-state index contributed by atoms with van der Waals surface area (Å²) in [4.78, 5) is 25.4. The molecule has 5 aliphatic carbocycles. The predicted molar refractivity (Wildman–Crippen MR) is 88.4 cm³/mol. The van der Waals surface area contributed by atoms with Gasteiger partial charge in [0.2, 0.25) is 0 Å². The Kier molecular flexibility index (Phi) is 2.58. The molecule has 8 atom stereocenters. The highest BCUT2D eigenvalue weighted by molar-refractivity contribution is 5.92. The van der Waals surface area contributed by atoms with Gasteiger partial charge < -0.3 is 15.3 Å². The van der Waals surface area contributed by atoms with Crippen molar-refractivity contribution < 1.29 is 24.9 Å². The molecule has 1 spiro atoms. The minimum atomic E-state index is -1.05. The molecule has 5 rings (SSSR count). The van der Waals surface area contributed by atoms with Crippen molar-refractivity contribution in [1.29, 1.82) is 0 Å². The van der Waals surface area contributed by atoms with Gasteiger partial charge in [-0.15, -0.1) is 0 Å². The first kappa shape index (κ1) is 15.8. The zero-order valence-corrected chi connectivity index (χ0v) is 14.4. The van der Waals surface area contributed by atoms with Crippen molar-refractivity contribution in [2.24, 2.45) is 34.0 Å². The van der Waals surface area contributed by atoms with Crippen LogP contribution in [0.15, 0.2) is 24.3 Å². The van der Waals surface area contributed by atoms with Crippen molar-refractivity contribution >= 4 is 11.8 Å². The van der Waals surface area contributed by atoms with E-state index in [1.54, 1.807) is 13.0 Å². The molecule has 5 nitrogen and oxygen atoms in total. The van der Waals surface area contributed by atoms with Gasteiger partial charge in [-0.05, 0) is 55.4 Å². The van der Waals surface area contributed by atoms with Crippen LogP contribution in [0, 0.1) is 34.0 Å². The van der Waals surface area contributed by atoms with Crippen molar-refractivity contribution in [3.05, 3.63) is 24.3 Å². The van der Waals surface area contributed by atoms with E-state index in [0.29, 0.717) is 32.1 Å². The number of hydrogen-bond acceptors (Lipinski definition) is 4. The second-order valence-electron chi connectivity index (χ2n) is 9.41. The Morgan fingerprint density at radius 2 is 2.08 bits per heavy atom. The highest BCUT2D eigenvalue weighted by atomic mass is 16.4. The monoisotopic (exact) mass is 344 g/mol. The number of rotatable bonds is 1. The van der Waals surface area contributed by atoms with Crippen LogP contribution >= 0.6 is 0 Å². The number of carbonyl (C=O) groups excluding carboxylic acids is 1. The van der Waals surface area contributed by atoms with Crippen molar-refractivity contribution in [3.63, 3.8) is 0 Å². The summed E-state index contributed by atoms with van der Waals surface area (Å²) < 4.78 is 0. The van der Waals surface area contributed by atoms with Crippen LogP contribution in [0.5, 0.6) is 0 Å². The molecule has 5 aliphatic rings. The molecule has 0 heterocycles. The molecule has 0 aromatic heterocycles. The van der Waals surface area contributed by atoms with Gasteiger partial charge in [0.1, 0.15) is 5.78 Å². The van der Waals surface area contributed by atoms with Gasteiger partial charge in [-0.1, -0.05) is 18.7 Å². The zero-order chi connectivity index (χ0) is 18.0. The van der Waals surface area contributed by atoms with Crippen molar-refractivity contribution in [2.45, 2.75) is 50.7 Å². The Morgan fingerprint density at radius 1 is 1.36 bits per heavy atom. The lowest BCUT2D eigenvalue weighted by Gasteiger charge is -2.45. The van der Waals surface area contributed by atoms with Gasteiger partial charge in [-0.2, -0.15) is 0 Å². The van der Waals surface area contributed by atoms with Crippen molar-refractivity contribution in [1.82, 2.24) is 0 Å². The molecule has 134 valence electrons. The molecule has 4 saturated carbocycles. The minimum absolute atomic E-state index is 0.0197. The first-order valence-corrected chi connectivity index (χ1v) is 9.16. The highest BCUT2D eigenvalue weighted by Gasteiger charge is 2.81. The van der Waals surface area contributed by atoms with E-state index in [2.05, 4.69) is 6.58 Å². The molecular weight excluding hydrogens is 320 g/mol. The third-order valence-corrected chi connectivity index (χ3v) is 8.73. The van der Waals surface area contributed by atoms with E-state index >= 15 is 0 Å². The van der Waals surface area contributed by atoms with Gasteiger partial charge in [-0.25, -0.2) is 0 Å². The molecule has 0 amide bonds. The van der Waals surface area contributed by atoms with Crippen LogP contribution in [0.2, 0.25) is 0 Å². The number of aliphatic hydroxyl groups is 2. The van der Waals surface area contributed by atoms with Gasteiger partial charge >= 0.3 is 5.97 Å².